The van der Waals surface area contributed by atoms with Gasteiger partial charge in [0.05, 0.1) is 18.8 Å². The van der Waals surface area contributed by atoms with Gasteiger partial charge in [0.2, 0.25) is 0 Å². The number of benzene rings is 1. The van der Waals surface area contributed by atoms with E-state index in [1.165, 1.54) is 0 Å². The summed E-state index contributed by atoms with van der Waals surface area (Å²) in [5.74, 6) is 0.844. The lowest BCUT2D eigenvalue weighted by molar-refractivity contribution is -0.0490. The van der Waals surface area contributed by atoms with E-state index < -0.39 is 0 Å². The highest BCUT2D eigenvalue weighted by atomic mass is 35.5. The lowest BCUT2D eigenvalue weighted by atomic mass is 9.83. The van der Waals surface area contributed by atoms with Gasteiger partial charge in [-0.1, -0.05) is 32.4 Å². The second kappa shape index (κ2) is 8.62. The van der Waals surface area contributed by atoms with E-state index in [0.29, 0.717) is 5.02 Å². The third-order valence-corrected chi connectivity index (χ3v) is 4.47. The molecule has 0 amide bonds. The summed E-state index contributed by atoms with van der Waals surface area (Å²) in [6, 6.07) is 5.80. The van der Waals surface area contributed by atoms with E-state index in [1.54, 1.807) is 14.2 Å². The Labute approximate surface area is 134 Å². The van der Waals surface area contributed by atoms with E-state index in [9.17, 15) is 0 Å². The third-order valence-electron chi connectivity index (χ3n) is 4.23. The van der Waals surface area contributed by atoms with E-state index >= 15 is 0 Å². The molecule has 0 heterocycles. The van der Waals surface area contributed by atoms with Crippen molar-refractivity contribution in [2.24, 2.45) is 0 Å². The van der Waals surface area contributed by atoms with Gasteiger partial charge in [-0.2, -0.15) is 0 Å². The van der Waals surface area contributed by atoms with Crippen LogP contribution < -0.4 is 10.1 Å². The molecule has 0 saturated heterocycles. The Bertz CT molecular complexity index is 425. The Morgan fingerprint density at radius 3 is 2.33 bits per heavy atom. The lowest BCUT2D eigenvalue weighted by Gasteiger charge is -2.40. The van der Waals surface area contributed by atoms with E-state index in [1.807, 2.05) is 18.2 Å². The summed E-state index contributed by atoms with van der Waals surface area (Å²) in [5, 5.41) is 4.33. The second-order valence-corrected chi connectivity index (χ2v) is 5.69. The summed E-state index contributed by atoms with van der Waals surface area (Å²) in [5.41, 5.74) is 0.789. The minimum atomic E-state index is -0.271. The molecular weight excluding hydrogens is 286 g/mol. The highest BCUT2D eigenvalue weighted by Crippen LogP contribution is 2.39. The van der Waals surface area contributed by atoms with Crippen LogP contribution in [0.3, 0.4) is 0 Å². The summed E-state index contributed by atoms with van der Waals surface area (Å²) in [7, 11) is 3.47. The molecule has 1 unspecified atom stereocenters. The molecule has 1 rings (SSSR count). The van der Waals surface area contributed by atoms with Gasteiger partial charge in [-0.15, -0.1) is 0 Å². The molecule has 0 bridgehead atoms. The maximum absolute atomic E-state index is 6.21. The number of ether oxygens (including phenoxy) is 2. The van der Waals surface area contributed by atoms with E-state index in [2.05, 4.69) is 26.1 Å². The van der Waals surface area contributed by atoms with Crippen LogP contribution in [0.5, 0.6) is 5.75 Å². The Kier molecular flexibility index (Phi) is 7.50. The number of methoxy groups -OCH3 is 2. The smallest absolute Gasteiger partial charge is 0.123 e. The normalized spacial score (nSPS) is 13.2. The molecule has 0 aliphatic carbocycles. The minimum absolute atomic E-state index is 0.0473. The number of halogens is 1. The first kappa shape index (κ1) is 18.3. The fraction of sp³-hybridized carbons (Fsp3) is 0.647. The highest BCUT2D eigenvalue weighted by Gasteiger charge is 2.38. The van der Waals surface area contributed by atoms with Crippen LogP contribution in [0.2, 0.25) is 5.02 Å². The molecule has 1 atom stereocenters. The molecule has 120 valence electrons. The molecule has 0 fully saturated rings. The summed E-state index contributed by atoms with van der Waals surface area (Å²) in [6.07, 6.45) is 2.89. The zero-order valence-electron chi connectivity index (χ0n) is 13.8. The SMILES string of the molecule is CCCNC(c1cc(Cl)ccc1OC)C(CC)(CC)OC. The van der Waals surface area contributed by atoms with Crippen LogP contribution in [-0.2, 0) is 4.74 Å². The molecule has 1 aromatic carbocycles. The number of hydrogen-bond donors (Lipinski definition) is 1. The monoisotopic (exact) mass is 313 g/mol. The molecule has 21 heavy (non-hydrogen) atoms. The van der Waals surface area contributed by atoms with E-state index in [4.69, 9.17) is 21.1 Å². The second-order valence-electron chi connectivity index (χ2n) is 5.25. The Balaban J connectivity index is 3.33. The lowest BCUT2D eigenvalue weighted by Crippen LogP contribution is -2.45. The van der Waals surface area contributed by atoms with Gasteiger partial charge in [-0.05, 0) is 44.0 Å². The Morgan fingerprint density at radius 2 is 1.86 bits per heavy atom. The van der Waals surface area contributed by atoms with Crippen molar-refractivity contribution in [1.29, 1.82) is 0 Å². The van der Waals surface area contributed by atoms with Crippen LogP contribution in [0, 0.1) is 0 Å². The average molecular weight is 314 g/mol. The third kappa shape index (κ3) is 4.12. The molecule has 0 saturated carbocycles. The standard InChI is InChI=1S/C17H28ClNO2/c1-6-11-19-16(17(7-2,8-3)21-5)14-12-13(18)9-10-15(14)20-4/h9-10,12,16,19H,6-8,11H2,1-5H3. The molecule has 0 aromatic heterocycles. The average Bonchev–Trinajstić information content (AvgIpc) is 2.52. The summed E-state index contributed by atoms with van der Waals surface area (Å²) in [4.78, 5) is 0. The molecule has 3 nitrogen and oxygen atoms in total. The van der Waals surface area contributed by atoms with Crippen LogP contribution >= 0.6 is 11.6 Å². The first-order chi connectivity index (χ1) is 10.1. The van der Waals surface area contributed by atoms with Crippen molar-refractivity contribution in [2.75, 3.05) is 20.8 Å². The van der Waals surface area contributed by atoms with Crippen LogP contribution in [-0.4, -0.2) is 26.4 Å². The Hall–Kier alpha value is -0.770. The van der Waals surface area contributed by atoms with Gasteiger partial charge in [-0.3, -0.25) is 0 Å². The fourth-order valence-corrected chi connectivity index (χ4v) is 3.04. The van der Waals surface area contributed by atoms with Crippen LogP contribution in [0.25, 0.3) is 0 Å². The van der Waals surface area contributed by atoms with E-state index in [-0.39, 0.29) is 11.6 Å². The molecule has 0 aliphatic heterocycles. The molecule has 0 aliphatic rings. The van der Waals surface area contributed by atoms with Crippen LogP contribution in [0.15, 0.2) is 18.2 Å². The van der Waals surface area contributed by atoms with Crippen LogP contribution in [0.4, 0.5) is 0 Å². The highest BCUT2D eigenvalue weighted by molar-refractivity contribution is 6.30. The first-order valence-corrected chi connectivity index (χ1v) is 8.08. The maximum atomic E-state index is 6.21. The van der Waals surface area contributed by atoms with Gasteiger partial charge in [0, 0.05) is 17.7 Å². The summed E-state index contributed by atoms with van der Waals surface area (Å²) in [6.45, 7) is 7.40. The summed E-state index contributed by atoms with van der Waals surface area (Å²) < 4.78 is 11.5. The van der Waals surface area contributed by atoms with Crippen molar-refractivity contribution in [3.8, 4) is 5.75 Å². The molecule has 1 N–H and O–H groups in total. The first-order valence-electron chi connectivity index (χ1n) is 7.70. The predicted octanol–water partition coefficient (Wildman–Crippen LogP) is 4.59. The minimum Gasteiger partial charge on any atom is -0.496 e. The number of rotatable bonds is 9. The van der Waals surface area contributed by atoms with Gasteiger partial charge in [-0.25, -0.2) is 0 Å². The predicted molar refractivity (Wildman–Crippen MR) is 89.4 cm³/mol. The molecule has 4 heteroatoms. The van der Waals surface area contributed by atoms with Crippen molar-refractivity contribution in [1.82, 2.24) is 5.32 Å². The summed E-state index contributed by atoms with van der Waals surface area (Å²) >= 11 is 6.21. The van der Waals surface area contributed by atoms with Gasteiger partial charge in [0.1, 0.15) is 5.75 Å². The zero-order chi connectivity index (χ0) is 15.9. The number of nitrogens with one attached hydrogen (secondary N) is 1. The van der Waals surface area contributed by atoms with Gasteiger partial charge in [0.25, 0.3) is 0 Å². The quantitative estimate of drug-likeness (QED) is 0.723. The van der Waals surface area contributed by atoms with Crippen molar-refractivity contribution < 1.29 is 9.47 Å². The molecule has 0 radical (unpaired) electrons. The largest absolute Gasteiger partial charge is 0.496 e. The molecule has 1 aromatic rings. The fourth-order valence-electron chi connectivity index (χ4n) is 2.86. The maximum Gasteiger partial charge on any atom is 0.123 e. The van der Waals surface area contributed by atoms with Gasteiger partial charge >= 0.3 is 0 Å². The molecule has 0 spiro atoms. The van der Waals surface area contributed by atoms with Crippen molar-refractivity contribution >= 4 is 11.6 Å². The topological polar surface area (TPSA) is 30.5 Å². The van der Waals surface area contributed by atoms with Gasteiger partial charge < -0.3 is 14.8 Å². The van der Waals surface area contributed by atoms with Crippen LogP contribution in [0.1, 0.15) is 51.6 Å². The Morgan fingerprint density at radius 1 is 1.19 bits per heavy atom. The zero-order valence-corrected chi connectivity index (χ0v) is 14.6. The molecular formula is C17H28ClNO2. The van der Waals surface area contributed by atoms with Crippen molar-refractivity contribution in [3.05, 3.63) is 28.8 Å². The number of hydrogen-bond acceptors (Lipinski definition) is 3. The van der Waals surface area contributed by atoms with Crippen molar-refractivity contribution in [2.45, 2.75) is 51.7 Å². The van der Waals surface area contributed by atoms with Gasteiger partial charge in [0.15, 0.2) is 0 Å². The van der Waals surface area contributed by atoms with Crippen molar-refractivity contribution in [3.63, 3.8) is 0 Å². The van der Waals surface area contributed by atoms with E-state index in [0.717, 1.165) is 37.1 Å².